The van der Waals surface area contributed by atoms with E-state index in [9.17, 15) is 25.0 Å². The van der Waals surface area contributed by atoms with Gasteiger partial charge in [-0.2, -0.15) is 5.26 Å². The molecule has 1 heterocycles. The molecule has 0 spiro atoms. The Labute approximate surface area is 162 Å². The van der Waals surface area contributed by atoms with Crippen LogP contribution in [0.15, 0.2) is 18.2 Å². The molecule has 0 saturated carbocycles. The minimum absolute atomic E-state index is 0.0807. The van der Waals surface area contributed by atoms with Crippen molar-refractivity contribution in [3.63, 3.8) is 0 Å². The van der Waals surface area contributed by atoms with Gasteiger partial charge in [-0.3, -0.25) is 14.9 Å². The van der Waals surface area contributed by atoms with Crippen LogP contribution in [0.3, 0.4) is 0 Å². The van der Waals surface area contributed by atoms with Gasteiger partial charge in [0.05, 0.1) is 21.1 Å². The molecule has 0 bridgehead atoms. The standard InChI is InChI=1S/C17H12ClN3O5S/c18-13-6-9(21(24)25)4-5-11(13)17(23)26-8-15(22)20-16-12(7-19)10-2-1-3-14(10)27-16/h4-6H,1-3,8H2,(H,20,22). The second-order valence-corrected chi connectivity index (χ2v) is 7.23. The molecule has 8 nitrogen and oxygen atoms in total. The first-order valence-corrected chi connectivity index (χ1v) is 9.05. The van der Waals surface area contributed by atoms with Crippen LogP contribution in [0, 0.1) is 21.4 Å². The third-order valence-electron chi connectivity index (χ3n) is 4.00. The lowest BCUT2D eigenvalue weighted by Crippen LogP contribution is -2.21. The largest absolute Gasteiger partial charge is 0.452 e. The van der Waals surface area contributed by atoms with Gasteiger partial charge in [-0.05, 0) is 30.9 Å². The average molecular weight is 406 g/mol. The molecule has 0 saturated heterocycles. The van der Waals surface area contributed by atoms with Crippen molar-refractivity contribution < 1.29 is 19.2 Å². The van der Waals surface area contributed by atoms with E-state index in [4.69, 9.17) is 16.3 Å². The molecule has 0 atom stereocenters. The summed E-state index contributed by atoms with van der Waals surface area (Å²) in [6, 6.07) is 5.43. The van der Waals surface area contributed by atoms with Crippen LogP contribution in [0.5, 0.6) is 0 Å². The zero-order valence-corrected chi connectivity index (χ0v) is 15.4. The monoisotopic (exact) mass is 405 g/mol. The molecule has 27 heavy (non-hydrogen) atoms. The highest BCUT2D eigenvalue weighted by Crippen LogP contribution is 2.38. The van der Waals surface area contributed by atoms with Crippen molar-refractivity contribution in [3.05, 3.63) is 54.9 Å². The maximum Gasteiger partial charge on any atom is 0.340 e. The predicted molar refractivity (Wildman–Crippen MR) is 98.1 cm³/mol. The van der Waals surface area contributed by atoms with E-state index >= 15 is 0 Å². The maximum atomic E-state index is 12.1. The minimum atomic E-state index is -0.876. The molecule has 1 amide bonds. The fourth-order valence-corrected chi connectivity index (χ4v) is 4.27. The van der Waals surface area contributed by atoms with Gasteiger partial charge in [-0.15, -0.1) is 11.3 Å². The average Bonchev–Trinajstić information content (AvgIpc) is 3.20. The molecule has 2 aromatic rings. The lowest BCUT2D eigenvalue weighted by Gasteiger charge is -2.07. The zero-order chi connectivity index (χ0) is 19.6. The quantitative estimate of drug-likeness (QED) is 0.461. The van der Waals surface area contributed by atoms with Crippen LogP contribution in [0.1, 0.15) is 32.8 Å². The predicted octanol–water partition coefficient (Wildman–Crippen LogP) is 3.47. The number of hydrogen-bond acceptors (Lipinski definition) is 7. The van der Waals surface area contributed by atoms with Gasteiger partial charge in [-0.25, -0.2) is 4.79 Å². The molecule has 0 aliphatic heterocycles. The summed E-state index contributed by atoms with van der Waals surface area (Å²) in [4.78, 5) is 35.2. The van der Waals surface area contributed by atoms with Crippen molar-refractivity contribution in [1.29, 1.82) is 5.26 Å². The number of rotatable bonds is 5. The number of carbonyl (C=O) groups is 2. The molecule has 0 unspecified atom stereocenters. The number of aryl methyl sites for hydroxylation is 1. The smallest absolute Gasteiger partial charge is 0.340 e. The Hall–Kier alpha value is -2.96. The zero-order valence-electron chi connectivity index (χ0n) is 13.8. The molecular formula is C17H12ClN3O5S. The van der Waals surface area contributed by atoms with E-state index in [-0.39, 0.29) is 16.3 Å². The number of halogens is 1. The molecule has 0 radical (unpaired) electrons. The highest BCUT2D eigenvalue weighted by Gasteiger charge is 2.23. The van der Waals surface area contributed by atoms with E-state index in [1.807, 2.05) is 0 Å². The Kier molecular flexibility index (Phi) is 5.39. The van der Waals surface area contributed by atoms with Crippen LogP contribution in [0.4, 0.5) is 10.7 Å². The summed E-state index contributed by atoms with van der Waals surface area (Å²) in [5, 5.41) is 22.9. The number of non-ortho nitro benzene ring substituents is 1. The van der Waals surface area contributed by atoms with Crippen molar-refractivity contribution in [2.24, 2.45) is 0 Å². The van der Waals surface area contributed by atoms with Crippen molar-refractivity contribution in [1.82, 2.24) is 0 Å². The number of anilines is 1. The third-order valence-corrected chi connectivity index (χ3v) is 5.52. The summed E-state index contributed by atoms with van der Waals surface area (Å²) < 4.78 is 4.91. The number of nitrogens with zero attached hydrogens (tertiary/aromatic N) is 2. The summed E-state index contributed by atoms with van der Waals surface area (Å²) >= 11 is 7.21. The van der Waals surface area contributed by atoms with Gasteiger partial charge in [0.1, 0.15) is 11.1 Å². The summed E-state index contributed by atoms with van der Waals surface area (Å²) in [5.41, 5.74) is 1.10. The summed E-state index contributed by atoms with van der Waals surface area (Å²) in [6.07, 6.45) is 2.70. The number of hydrogen-bond donors (Lipinski definition) is 1. The van der Waals surface area contributed by atoms with E-state index in [1.54, 1.807) is 0 Å². The number of esters is 1. The molecule has 1 aliphatic carbocycles. The highest BCUT2D eigenvalue weighted by molar-refractivity contribution is 7.16. The third kappa shape index (κ3) is 3.92. The number of fused-ring (bicyclic) bond motifs is 1. The van der Waals surface area contributed by atoms with Crippen LogP contribution < -0.4 is 5.32 Å². The van der Waals surface area contributed by atoms with Crippen LogP contribution in [-0.4, -0.2) is 23.4 Å². The van der Waals surface area contributed by atoms with E-state index in [0.29, 0.717) is 10.6 Å². The second kappa shape index (κ2) is 7.73. The number of carbonyl (C=O) groups excluding carboxylic acids is 2. The number of nitrogens with one attached hydrogen (secondary N) is 1. The fourth-order valence-electron chi connectivity index (χ4n) is 2.77. The van der Waals surface area contributed by atoms with Gasteiger partial charge in [0.2, 0.25) is 0 Å². The number of nitro benzene ring substituents is 1. The Balaban J connectivity index is 1.62. The Morgan fingerprint density at radius 2 is 2.19 bits per heavy atom. The summed E-state index contributed by atoms with van der Waals surface area (Å²) in [6.45, 7) is -0.570. The van der Waals surface area contributed by atoms with Crippen LogP contribution in [-0.2, 0) is 22.4 Å². The minimum Gasteiger partial charge on any atom is -0.452 e. The lowest BCUT2D eigenvalue weighted by atomic mass is 10.1. The SMILES string of the molecule is N#Cc1c(NC(=O)COC(=O)c2ccc([N+](=O)[O-])cc2Cl)sc2c1CCC2. The number of thiophene rings is 1. The summed E-state index contributed by atoms with van der Waals surface area (Å²) in [5.74, 6) is -1.46. The fraction of sp³-hybridized carbons (Fsp3) is 0.235. The van der Waals surface area contributed by atoms with Gasteiger partial charge in [0.25, 0.3) is 11.6 Å². The van der Waals surface area contributed by atoms with Gasteiger partial charge in [0.15, 0.2) is 6.61 Å². The van der Waals surface area contributed by atoms with Crippen LogP contribution >= 0.6 is 22.9 Å². The molecule has 10 heteroatoms. The summed E-state index contributed by atoms with van der Waals surface area (Å²) in [7, 11) is 0. The van der Waals surface area contributed by atoms with Crippen LogP contribution in [0.25, 0.3) is 0 Å². The molecule has 1 aromatic heterocycles. The normalized spacial score (nSPS) is 12.1. The topological polar surface area (TPSA) is 122 Å². The molecular weight excluding hydrogens is 394 g/mol. The van der Waals surface area contributed by atoms with Gasteiger partial charge in [-0.1, -0.05) is 11.6 Å². The molecule has 1 aliphatic rings. The van der Waals surface area contributed by atoms with E-state index < -0.39 is 23.4 Å². The molecule has 1 N–H and O–H groups in total. The number of benzene rings is 1. The Morgan fingerprint density at radius 1 is 1.41 bits per heavy atom. The highest BCUT2D eigenvalue weighted by atomic mass is 35.5. The number of amides is 1. The first-order valence-electron chi connectivity index (χ1n) is 7.86. The van der Waals surface area contributed by atoms with Gasteiger partial charge >= 0.3 is 5.97 Å². The van der Waals surface area contributed by atoms with Crippen molar-refractivity contribution in [2.75, 3.05) is 11.9 Å². The molecule has 3 rings (SSSR count). The van der Waals surface area contributed by atoms with Crippen LogP contribution in [0.2, 0.25) is 5.02 Å². The first-order chi connectivity index (χ1) is 12.9. The molecule has 138 valence electrons. The Bertz CT molecular complexity index is 995. The second-order valence-electron chi connectivity index (χ2n) is 5.72. The number of nitriles is 1. The number of ether oxygens (including phenoxy) is 1. The van der Waals surface area contributed by atoms with E-state index in [2.05, 4.69) is 11.4 Å². The lowest BCUT2D eigenvalue weighted by molar-refractivity contribution is -0.384. The maximum absolute atomic E-state index is 12.1. The van der Waals surface area contributed by atoms with Crippen molar-refractivity contribution in [3.8, 4) is 6.07 Å². The molecule has 1 aromatic carbocycles. The van der Waals surface area contributed by atoms with E-state index in [0.717, 1.165) is 47.9 Å². The van der Waals surface area contributed by atoms with Crippen molar-refractivity contribution in [2.45, 2.75) is 19.3 Å². The van der Waals surface area contributed by atoms with Gasteiger partial charge in [0, 0.05) is 17.0 Å². The van der Waals surface area contributed by atoms with Gasteiger partial charge < -0.3 is 10.1 Å². The van der Waals surface area contributed by atoms with E-state index in [1.165, 1.54) is 11.3 Å². The Morgan fingerprint density at radius 3 is 2.85 bits per heavy atom. The number of nitro groups is 1. The first kappa shape index (κ1) is 18.8. The molecule has 0 fully saturated rings. The van der Waals surface area contributed by atoms with Crippen molar-refractivity contribution >= 4 is 45.5 Å².